The number of pyridine rings is 1. The molecule has 0 aliphatic heterocycles. The van der Waals surface area contributed by atoms with Gasteiger partial charge in [0.25, 0.3) is 5.69 Å². The van der Waals surface area contributed by atoms with Crippen molar-refractivity contribution in [3.63, 3.8) is 0 Å². The molecule has 0 bridgehead atoms. The topological polar surface area (TPSA) is 102 Å². The first-order valence-electron chi connectivity index (χ1n) is 6.91. The summed E-state index contributed by atoms with van der Waals surface area (Å²) in [6.07, 6.45) is 0.997. The number of aryl methyl sites for hydroxylation is 1. The van der Waals surface area contributed by atoms with Crippen molar-refractivity contribution in [2.75, 3.05) is 5.73 Å². The number of nitrogens with zero attached hydrogens (tertiary/aromatic N) is 2. The average molecular weight is 289 g/mol. The molecule has 0 saturated heterocycles. The summed E-state index contributed by atoms with van der Waals surface area (Å²) in [6.45, 7) is 5.54. The molecular weight excluding hydrogens is 270 g/mol. The van der Waals surface area contributed by atoms with E-state index in [9.17, 15) is 15.2 Å². The van der Waals surface area contributed by atoms with Crippen LogP contribution in [0.5, 0.6) is 0 Å². The predicted molar refractivity (Wildman–Crippen MR) is 82.0 cm³/mol. The number of rotatable bonds is 4. The zero-order valence-corrected chi connectivity index (χ0v) is 12.4. The SMILES string of the molecule is CCC(O)(CC)c1nc2ccc([N+](=O)[O-])cc2c(C)c1N. The van der Waals surface area contributed by atoms with Crippen molar-refractivity contribution in [1.29, 1.82) is 0 Å². The Labute approximate surface area is 122 Å². The summed E-state index contributed by atoms with van der Waals surface area (Å²) in [5.74, 6) is 0. The van der Waals surface area contributed by atoms with Crippen LogP contribution in [0, 0.1) is 17.0 Å². The van der Waals surface area contributed by atoms with Crippen molar-refractivity contribution in [3.8, 4) is 0 Å². The van der Waals surface area contributed by atoms with Gasteiger partial charge < -0.3 is 10.8 Å². The Morgan fingerprint density at radius 1 is 1.38 bits per heavy atom. The third kappa shape index (κ3) is 2.42. The Kier molecular flexibility index (Phi) is 3.82. The average Bonchev–Trinajstić information content (AvgIpc) is 2.49. The summed E-state index contributed by atoms with van der Waals surface area (Å²) in [5.41, 5.74) is 7.20. The Morgan fingerprint density at radius 3 is 2.52 bits per heavy atom. The van der Waals surface area contributed by atoms with E-state index in [0.29, 0.717) is 40.7 Å². The molecule has 0 aliphatic rings. The van der Waals surface area contributed by atoms with Crippen LogP contribution in [-0.4, -0.2) is 15.0 Å². The molecule has 0 unspecified atom stereocenters. The van der Waals surface area contributed by atoms with Crippen LogP contribution in [0.3, 0.4) is 0 Å². The van der Waals surface area contributed by atoms with Crippen molar-refractivity contribution >= 4 is 22.3 Å². The lowest BCUT2D eigenvalue weighted by Crippen LogP contribution is -2.27. The number of benzene rings is 1. The highest BCUT2D eigenvalue weighted by molar-refractivity contribution is 5.88. The van der Waals surface area contributed by atoms with Gasteiger partial charge in [0.05, 0.1) is 21.8 Å². The lowest BCUT2D eigenvalue weighted by atomic mass is 9.89. The van der Waals surface area contributed by atoms with E-state index in [1.54, 1.807) is 13.0 Å². The maximum absolute atomic E-state index is 10.9. The first kappa shape index (κ1) is 15.2. The normalized spacial score (nSPS) is 11.8. The second-order valence-electron chi connectivity index (χ2n) is 5.20. The third-order valence-electron chi connectivity index (χ3n) is 4.10. The number of non-ortho nitro benzene ring substituents is 1. The minimum Gasteiger partial charge on any atom is -0.397 e. The molecule has 0 atom stereocenters. The zero-order valence-electron chi connectivity index (χ0n) is 12.4. The molecule has 1 heterocycles. The molecule has 0 radical (unpaired) electrons. The number of fused-ring (bicyclic) bond motifs is 1. The van der Waals surface area contributed by atoms with E-state index in [0.717, 1.165) is 0 Å². The number of hydrogen-bond acceptors (Lipinski definition) is 5. The van der Waals surface area contributed by atoms with Gasteiger partial charge in [0, 0.05) is 17.5 Å². The molecule has 0 fully saturated rings. The summed E-state index contributed by atoms with van der Waals surface area (Å²) >= 11 is 0. The minimum absolute atomic E-state index is 0.000736. The van der Waals surface area contributed by atoms with Gasteiger partial charge in [-0.2, -0.15) is 0 Å². The Balaban J connectivity index is 2.76. The van der Waals surface area contributed by atoms with Gasteiger partial charge >= 0.3 is 0 Å². The molecule has 3 N–H and O–H groups in total. The number of anilines is 1. The Hall–Kier alpha value is -2.21. The standard InChI is InChI=1S/C15H19N3O3/c1-4-15(19,5-2)14-13(16)9(3)11-8-10(18(20)21)6-7-12(11)17-14/h6-8,19H,4-5,16H2,1-3H3. The van der Waals surface area contributed by atoms with Crippen molar-refractivity contribution in [3.05, 3.63) is 39.6 Å². The minimum atomic E-state index is -1.08. The van der Waals surface area contributed by atoms with E-state index < -0.39 is 10.5 Å². The highest BCUT2D eigenvalue weighted by atomic mass is 16.6. The summed E-state index contributed by atoms with van der Waals surface area (Å²) in [5, 5.41) is 22.2. The number of nitrogen functional groups attached to an aromatic ring is 1. The largest absolute Gasteiger partial charge is 0.397 e. The fourth-order valence-corrected chi connectivity index (χ4v) is 2.48. The molecule has 21 heavy (non-hydrogen) atoms. The van der Waals surface area contributed by atoms with Gasteiger partial charge in [0.2, 0.25) is 0 Å². The second-order valence-corrected chi connectivity index (χ2v) is 5.20. The number of aromatic nitrogens is 1. The lowest BCUT2D eigenvalue weighted by molar-refractivity contribution is -0.384. The lowest BCUT2D eigenvalue weighted by Gasteiger charge is -2.27. The van der Waals surface area contributed by atoms with Gasteiger partial charge in [-0.1, -0.05) is 13.8 Å². The molecule has 0 aliphatic carbocycles. The quantitative estimate of drug-likeness (QED) is 0.665. The summed E-state index contributed by atoms with van der Waals surface area (Å²) in [7, 11) is 0. The smallest absolute Gasteiger partial charge is 0.270 e. The van der Waals surface area contributed by atoms with Crippen LogP contribution >= 0.6 is 0 Å². The first-order chi connectivity index (χ1) is 9.84. The summed E-state index contributed by atoms with van der Waals surface area (Å²) in [4.78, 5) is 14.9. The number of nitrogens with two attached hydrogens (primary N) is 1. The number of nitro groups is 1. The summed E-state index contributed by atoms with van der Waals surface area (Å²) in [6, 6.07) is 4.47. The van der Waals surface area contributed by atoms with E-state index in [2.05, 4.69) is 4.98 Å². The molecule has 2 aromatic rings. The molecule has 6 nitrogen and oxygen atoms in total. The van der Waals surface area contributed by atoms with Crippen LogP contribution < -0.4 is 5.73 Å². The van der Waals surface area contributed by atoms with Crippen molar-refractivity contribution in [1.82, 2.24) is 4.98 Å². The van der Waals surface area contributed by atoms with Crippen molar-refractivity contribution in [2.24, 2.45) is 0 Å². The van der Waals surface area contributed by atoms with E-state index in [1.807, 2.05) is 13.8 Å². The van der Waals surface area contributed by atoms with Crippen molar-refractivity contribution < 1.29 is 10.0 Å². The Bertz CT molecular complexity index is 709. The van der Waals surface area contributed by atoms with Crippen molar-refractivity contribution in [2.45, 2.75) is 39.2 Å². The van der Waals surface area contributed by atoms with E-state index in [-0.39, 0.29) is 5.69 Å². The molecule has 112 valence electrons. The molecule has 0 saturated carbocycles. The van der Waals surface area contributed by atoms with E-state index in [4.69, 9.17) is 5.73 Å². The highest BCUT2D eigenvalue weighted by Crippen LogP contribution is 2.36. The van der Waals surface area contributed by atoms with Crippen LogP contribution in [0.2, 0.25) is 0 Å². The van der Waals surface area contributed by atoms with Gasteiger partial charge in [-0.05, 0) is 31.4 Å². The van der Waals surface area contributed by atoms with Gasteiger partial charge in [0.1, 0.15) is 5.60 Å². The second kappa shape index (κ2) is 5.29. The zero-order chi connectivity index (χ0) is 15.8. The fourth-order valence-electron chi connectivity index (χ4n) is 2.48. The van der Waals surface area contributed by atoms with Gasteiger partial charge in [-0.15, -0.1) is 0 Å². The monoisotopic (exact) mass is 289 g/mol. The van der Waals surface area contributed by atoms with Crippen LogP contribution in [-0.2, 0) is 5.60 Å². The van der Waals surface area contributed by atoms with Crippen LogP contribution in [0.1, 0.15) is 37.9 Å². The van der Waals surface area contributed by atoms with Gasteiger partial charge in [-0.25, -0.2) is 4.98 Å². The molecule has 1 aromatic carbocycles. The Morgan fingerprint density at radius 2 is 2.00 bits per heavy atom. The van der Waals surface area contributed by atoms with Crippen LogP contribution in [0.15, 0.2) is 18.2 Å². The molecule has 0 amide bonds. The highest BCUT2D eigenvalue weighted by Gasteiger charge is 2.30. The number of hydrogen-bond donors (Lipinski definition) is 2. The molecule has 0 spiro atoms. The first-order valence-corrected chi connectivity index (χ1v) is 6.91. The van der Waals surface area contributed by atoms with E-state index in [1.165, 1.54) is 12.1 Å². The third-order valence-corrected chi connectivity index (χ3v) is 4.10. The van der Waals surface area contributed by atoms with E-state index >= 15 is 0 Å². The fraction of sp³-hybridized carbons (Fsp3) is 0.400. The number of nitro benzene ring substituents is 1. The van der Waals surface area contributed by atoms with Crippen LogP contribution in [0.4, 0.5) is 11.4 Å². The number of aliphatic hydroxyl groups is 1. The molecular formula is C15H19N3O3. The molecule has 1 aromatic heterocycles. The maximum atomic E-state index is 10.9. The molecule has 2 rings (SSSR count). The molecule has 6 heteroatoms. The van der Waals surface area contributed by atoms with Crippen LogP contribution in [0.25, 0.3) is 10.9 Å². The maximum Gasteiger partial charge on any atom is 0.270 e. The van der Waals surface area contributed by atoms with Gasteiger partial charge in [0.15, 0.2) is 0 Å². The predicted octanol–water partition coefficient (Wildman–Crippen LogP) is 3.04. The summed E-state index contributed by atoms with van der Waals surface area (Å²) < 4.78 is 0. The van der Waals surface area contributed by atoms with Gasteiger partial charge in [-0.3, -0.25) is 10.1 Å².